The summed E-state index contributed by atoms with van der Waals surface area (Å²) < 4.78 is 0. The molecule has 1 aromatic carbocycles. The Labute approximate surface area is 162 Å². The van der Waals surface area contributed by atoms with E-state index in [2.05, 4.69) is 5.32 Å². The van der Waals surface area contributed by atoms with Crippen LogP contribution in [-0.2, 0) is 9.59 Å². The zero-order chi connectivity index (χ0) is 19.3. The Morgan fingerprint density at radius 1 is 1.35 bits per heavy atom. The van der Waals surface area contributed by atoms with Gasteiger partial charge in [-0.15, -0.1) is 0 Å². The molecule has 2 amide bonds. The minimum Gasteiger partial charge on any atom is -0.481 e. The Morgan fingerprint density at radius 2 is 2.04 bits per heavy atom. The van der Waals surface area contributed by atoms with E-state index >= 15 is 0 Å². The number of thioether (sulfide) groups is 1. The fourth-order valence-electron chi connectivity index (χ4n) is 3.06. The fraction of sp³-hybridized carbons (Fsp3) is 0.500. The first kappa shape index (κ1) is 20.6. The van der Waals surface area contributed by atoms with Gasteiger partial charge in [0, 0.05) is 13.1 Å². The van der Waals surface area contributed by atoms with Gasteiger partial charge in [0.25, 0.3) is 5.91 Å². The van der Waals surface area contributed by atoms with Crippen molar-refractivity contribution in [1.29, 1.82) is 0 Å². The van der Waals surface area contributed by atoms with Crippen molar-refractivity contribution >= 4 is 41.1 Å². The average molecular weight is 399 g/mol. The summed E-state index contributed by atoms with van der Waals surface area (Å²) in [6.45, 7) is 2.38. The van der Waals surface area contributed by atoms with Gasteiger partial charge in [0.15, 0.2) is 0 Å². The van der Waals surface area contributed by atoms with Gasteiger partial charge in [-0.05, 0) is 36.5 Å². The van der Waals surface area contributed by atoms with Gasteiger partial charge in [0.2, 0.25) is 5.91 Å². The second-order valence-corrected chi connectivity index (χ2v) is 7.85. The van der Waals surface area contributed by atoms with Gasteiger partial charge in [-0.3, -0.25) is 14.4 Å². The van der Waals surface area contributed by atoms with Crippen LogP contribution in [0.5, 0.6) is 0 Å². The predicted molar refractivity (Wildman–Crippen MR) is 103 cm³/mol. The average Bonchev–Trinajstić information content (AvgIpc) is 3.00. The van der Waals surface area contributed by atoms with Crippen molar-refractivity contribution < 1.29 is 19.5 Å². The highest BCUT2D eigenvalue weighted by Crippen LogP contribution is 2.24. The normalized spacial score (nSPS) is 20.7. The number of hydrogen-bond acceptors (Lipinski definition) is 4. The van der Waals surface area contributed by atoms with Gasteiger partial charge in [-0.25, -0.2) is 0 Å². The maximum Gasteiger partial charge on any atom is 0.308 e. The molecule has 3 atom stereocenters. The van der Waals surface area contributed by atoms with Gasteiger partial charge in [-0.2, -0.15) is 11.8 Å². The van der Waals surface area contributed by atoms with E-state index in [1.807, 2.05) is 13.2 Å². The highest BCUT2D eigenvalue weighted by atomic mass is 35.5. The first-order valence-corrected chi connectivity index (χ1v) is 10.2. The number of likely N-dealkylation sites (tertiary alicyclic amines) is 1. The first-order chi connectivity index (χ1) is 12.3. The first-order valence-electron chi connectivity index (χ1n) is 8.41. The van der Waals surface area contributed by atoms with Gasteiger partial charge in [0.05, 0.1) is 16.5 Å². The number of nitrogens with one attached hydrogen (secondary N) is 1. The number of aliphatic carboxylic acids is 1. The molecule has 0 saturated carbocycles. The maximum atomic E-state index is 12.9. The van der Waals surface area contributed by atoms with E-state index in [4.69, 9.17) is 11.6 Å². The highest BCUT2D eigenvalue weighted by molar-refractivity contribution is 7.98. The van der Waals surface area contributed by atoms with Crippen LogP contribution in [0, 0.1) is 11.8 Å². The lowest BCUT2D eigenvalue weighted by atomic mass is 9.99. The number of carboxylic acid groups (broad SMARTS) is 1. The smallest absolute Gasteiger partial charge is 0.308 e. The van der Waals surface area contributed by atoms with Crippen LogP contribution in [0.1, 0.15) is 23.7 Å². The minimum atomic E-state index is -0.895. The molecular weight excluding hydrogens is 376 g/mol. The van der Waals surface area contributed by atoms with Gasteiger partial charge < -0.3 is 15.3 Å². The van der Waals surface area contributed by atoms with Crippen LogP contribution in [-0.4, -0.2) is 58.9 Å². The number of amides is 2. The standard InChI is InChI=1S/C18H23ClN2O4S/c1-11-9-21(10-13(11)18(24)25)17(23)15(7-8-26-2)20-16(22)12-5-3-4-6-14(12)19/h3-6,11,13,15H,7-10H2,1-2H3,(H,20,22)(H,24,25)/t11-,13-,15?/m1/s1. The van der Waals surface area contributed by atoms with Gasteiger partial charge in [-0.1, -0.05) is 30.7 Å². The number of carbonyl (C=O) groups excluding carboxylic acids is 2. The number of nitrogens with zero attached hydrogens (tertiary/aromatic N) is 1. The van der Waals surface area contributed by atoms with Crippen LogP contribution in [0.25, 0.3) is 0 Å². The van der Waals surface area contributed by atoms with Crippen molar-refractivity contribution in [2.75, 3.05) is 25.1 Å². The summed E-state index contributed by atoms with van der Waals surface area (Å²) in [5, 5.41) is 12.4. The van der Waals surface area contributed by atoms with E-state index in [0.29, 0.717) is 29.3 Å². The molecule has 0 spiro atoms. The number of carboxylic acids is 1. The molecule has 142 valence electrons. The number of halogens is 1. The summed E-state index contributed by atoms with van der Waals surface area (Å²) >= 11 is 7.64. The summed E-state index contributed by atoms with van der Waals surface area (Å²) in [5.41, 5.74) is 0.314. The highest BCUT2D eigenvalue weighted by Gasteiger charge is 2.39. The molecule has 1 heterocycles. The molecule has 1 saturated heterocycles. The third-order valence-corrected chi connectivity index (χ3v) is 5.55. The molecule has 1 fully saturated rings. The molecule has 2 rings (SSSR count). The van der Waals surface area contributed by atoms with Crippen molar-refractivity contribution in [3.63, 3.8) is 0 Å². The quantitative estimate of drug-likeness (QED) is 0.736. The molecule has 1 aliphatic heterocycles. The van der Waals surface area contributed by atoms with Crippen molar-refractivity contribution in [2.24, 2.45) is 11.8 Å². The van der Waals surface area contributed by atoms with Crippen molar-refractivity contribution in [1.82, 2.24) is 10.2 Å². The van der Waals surface area contributed by atoms with E-state index in [9.17, 15) is 19.5 Å². The molecule has 2 N–H and O–H groups in total. The summed E-state index contributed by atoms with van der Waals surface area (Å²) in [5.74, 6) is -1.53. The number of carbonyl (C=O) groups is 3. The molecule has 6 nitrogen and oxygen atoms in total. The topological polar surface area (TPSA) is 86.7 Å². The van der Waals surface area contributed by atoms with E-state index in [1.54, 1.807) is 40.9 Å². The number of benzene rings is 1. The molecule has 1 aromatic rings. The summed E-state index contributed by atoms with van der Waals surface area (Å²) in [4.78, 5) is 38.3. The van der Waals surface area contributed by atoms with Crippen LogP contribution < -0.4 is 5.32 Å². The Balaban J connectivity index is 2.11. The van der Waals surface area contributed by atoms with E-state index in [-0.39, 0.29) is 18.4 Å². The lowest BCUT2D eigenvalue weighted by molar-refractivity contribution is -0.142. The minimum absolute atomic E-state index is 0.114. The molecule has 1 aliphatic rings. The molecule has 0 radical (unpaired) electrons. The van der Waals surface area contributed by atoms with Crippen LogP contribution in [0.15, 0.2) is 24.3 Å². The van der Waals surface area contributed by atoms with Crippen LogP contribution in [0.3, 0.4) is 0 Å². The zero-order valence-corrected chi connectivity index (χ0v) is 16.3. The summed E-state index contributed by atoms with van der Waals surface area (Å²) in [6.07, 6.45) is 2.40. The van der Waals surface area contributed by atoms with Crippen LogP contribution in [0.2, 0.25) is 5.02 Å². The molecule has 0 bridgehead atoms. The largest absolute Gasteiger partial charge is 0.481 e. The van der Waals surface area contributed by atoms with E-state index in [1.165, 1.54) is 0 Å². The fourth-order valence-corrected chi connectivity index (χ4v) is 3.76. The molecular formula is C18H23ClN2O4S. The van der Waals surface area contributed by atoms with Crippen molar-refractivity contribution in [3.05, 3.63) is 34.9 Å². The van der Waals surface area contributed by atoms with E-state index in [0.717, 1.165) is 0 Å². The second-order valence-electron chi connectivity index (χ2n) is 6.45. The Kier molecular flexibility index (Phi) is 7.34. The molecule has 26 heavy (non-hydrogen) atoms. The maximum absolute atomic E-state index is 12.9. The van der Waals surface area contributed by atoms with E-state index < -0.39 is 23.8 Å². The number of rotatable bonds is 7. The predicted octanol–water partition coefficient (Wildman–Crippen LogP) is 2.37. The molecule has 8 heteroatoms. The molecule has 0 aromatic heterocycles. The molecule has 1 unspecified atom stereocenters. The molecule has 0 aliphatic carbocycles. The third kappa shape index (κ3) is 4.92. The zero-order valence-electron chi connectivity index (χ0n) is 14.8. The lowest BCUT2D eigenvalue weighted by Gasteiger charge is -2.24. The SMILES string of the molecule is CSCCC(NC(=O)c1ccccc1Cl)C(=O)N1C[C@@H](C)[C@H](C(=O)O)C1. The Morgan fingerprint density at radius 3 is 2.62 bits per heavy atom. The second kappa shape index (κ2) is 9.28. The van der Waals surface area contributed by atoms with Crippen LogP contribution >= 0.6 is 23.4 Å². The lowest BCUT2D eigenvalue weighted by Crippen LogP contribution is -2.48. The summed E-state index contributed by atoms with van der Waals surface area (Å²) in [6, 6.07) is 5.96. The Hall–Kier alpha value is -1.73. The summed E-state index contributed by atoms with van der Waals surface area (Å²) in [7, 11) is 0. The van der Waals surface area contributed by atoms with Crippen LogP contribution in [0.4, 0.5) is 0 Å². The Bertz CT molecular complexity index is 685. The van der Waals surface area contributed by atoms with Gasteiger partial charge >= 0.3 is 5.97 Å². The monoisotopic (exact) mass is 398 g/mol. The van der Waals surface area contributed by atoms with Gasteiger partial charge in [0.1, 0.15) is 6.04 Å². The third-order valence-electron chi connectivity index (χ3n) is 4.57. The number of hydrogen-bond donors (Lipinski definition) is 2. The van der Waals surface area contributed by atoms with Crippen molar-refractivity contribution in [2.45, 2.75) is 19.4 Å². The van der Waals surface area contributed by atoms with Crippen molar-refractivity contribution in [3.8, 4) is 0 Å².